The standard InChI is InChI=1S/C32H34N4O2/c1-20-18-34-29-11-10-24(26-7-6-21(2)33-19-26)17-28(29)30(20)36-14-12-27(13-15-36)35-32(38)31(37)25-9-8-22-4-3-5-23(22)16-25/h6-11,16-17,19,27,31,37H,1,3-5,12-15,18H2,2H3,(H,35,38). The molecule has 2 N–H and O–H groups in total. The zero-order valence-corrected chi connectivity index (χ0v) is 21.9. The van der Waals surface area contributed by atoms with Gasteiger partial charge in [0.15, 0.2) is 6.10 Å². The fourth-order valence-corrected chi connectivity index (χ4v) is 5.96. The summed E-state index contributed by atoms with van der Waals surface area (Å²) in [4.78, 5) is 24.5. The molecular formula is C32H34N4O2. The number of carbonyl (C=O) groups is 1. The van der Waals surface area contributed by atoms with Crippen LogP contribution in [0.4, 0.5) is 0 Å². The van der Waals surface area contributed by atoms with Crippen LogP contribution in [0.5, 0.6) is 0 Å². The van der Waals surface area contributed by atoms with Crippen molar-refractivity contribution in [2.45, 2.75) is 51.2 Å². The summed E-state index contributed by atoms with van der Waals surface area (Å²) >= 11 is 0. The van der Waals surface area contributed by atoms with Crippen molar-refractivity contribution in [3.05, 3.63) is 99.8 Å². The van der Waals surface area contributed by atoms with Crippen LogP contribution < -0.4 is 15.9 Å². The third kappa shape index (κ3) is 4.76. The van der Waals surface area contributed by atoms with E-state index in [0.717, 1.165) is 83.9 Å². The van der Waals surface area contributed by atoms with Gasteiger partial charge in [0.05, 0.1) is 17.6 Å². The Morgan fingerprint density at radius 1 is 1.05 bits per heavy atom. The zero-order valence-electron chi connectivity index (χ0n) is 21.9. The number of amides is 1. The summed E-state index contributed by atoms with van der Waals surface area (Å²) in [6.07, 6.45) is 5.67. The highest BCUT2D eigenvalue weighted by Crippen LogP contribution is 2.27. The van der Waals surface area contributed by atoms with Crippen LogP contribution in [0.25, 0.3) is 16.8 Å². The fraction of sp³-hybridized carbons (Fsp3) is 0.344. The van der Waals surface area contributed by atoms with Gasteiger partial charge in [0.25, 0.3) is 5.91 Å². The molecular weight excluding hydrogens is 472 g/mol. The fourth-order valence-electron chi connectivity index (χ4n) is 5.96. The van der Waals surface area contributed by atoms with E-state index in [1.807, 2.05) is 31.3 Å². The van der Waals surface area contributed by atoms with E-state index in [2.05, 4.69) is 52.1 Å². The van der Waals surface area contributed by atoms with Gasteiger partial charge in [-0.25, -0.2) is 0 Å². The molecule has 1 aliphatic carbocycles. The summed E-state index contributed by atoms with van der Waals surface area (Å²) in [5.74, 6) is -0.309. The SMILES string of the molecule is C=C1CN=c2ccc(-c3ccc(C)nc3)cc2=C1N1CCC(NC(=O)C(O)c2ccc3c(c2)CCC3)CC1. The van der Waals surface area contributed by atoms with Crippen molar-refractivity contribution in [2.24, 2.45) is 4.99 Å². The minimum absolute atomic E-state index is 0.0365. The van der Waals surface area contributed by atoms with Gasteiger partial charge >= 0.3 is 0 Å². The van der Waals surface area contributed by atoms with Crippen LogP contribution >= 0.6 is 0 Å². The molecule has 194 valence electrons. The number of aromatic nitrogens is 1. The third-order valence-electron chi connectivity index (χ3n) is 8.12. The first kappa shape index (κ1) is 24.6. The number of aliphatic hydroxyl groups excluding tert-OH is 1. The first-order valence-electron chi connectivity index (χ1n) is 13.6. The molecule has 6 rings (SSSR count). The summed E-state index contributed by atoms with van der Waals surface area (Å²) in [5.41, 5.74) is 8.66. The van der Waals surface area contributed by atoms with Gasteiger partial charge in [-0.15, -0.1) is 0 Å². The van der Waals surface area contributed by atoms with Gasteiger partial charge in [-0.2, -0.15) is 0 Å². The Balaban J connectivity index is 1.17. The van der Waals surface area contributed by atoms with E-state index in [9.17, 15) is 9.90 Å². The summed E-state index contributed by atoms with van der Waals surface area (Å²) in [6, 6.07) is 16.5. The first-order valence-corrected chi connectivity index (χ1v) is 13.6. The normalized spacial score (nSPS) is 18.0. The van der Waals surface area contributed by atoms with E-state index in [1.54, 1.807) is 0 Å². The lowest BCUT2D eigenvalue weighted by Crippen LogP contribution is -2.48. The minimum atomic E-state index is -1.13. The number of aliphatic hydroxyl groups is 1. The molecule has 0 radical (unpaired) electrons. The molecule has 6 heteroatoms. The van der Waals surface area contributed by atoms with E-state index in [0.29, 0.717) is 12.1 Å². The molecule has 2 aliphatic heterocycles. The number of rotatable bonds is 5. The van der Waals surface area contributed by atoms with Crippen LogP contribution in [0, 0.1) is 6.92 Å². The number of hydrogen-bond acceptors (Lipinski definition) is 5. The molecule has 1 fully saturated rings. The summed E-state index contributed by atoms with van der Waals surface area (Å²) in [6.45, 7) is 8.55. The molecule has 0 bridgehead atoms. The van der Waals surface area contributed by atoms with E-state index in [4.69, 9.17) is 4.99 Å². The molecule has 1 unspecified atom stereocenters. The second kappa shape index (κ2) is 10.2. The molecule has 1 atom stereocenters. The number of benzene rings is 2. The molecule has 1 aromatic heterocycles. The molecule has 2 aromatic carbocycles. The van der Waals surface area contributed by atoms with Crippen molar-refractivity contribution in [3.63, 3.8) is 0 Å². The van der Waals surface area contributed by atoms with Crippen LogP contribution in [0.1, 0.15) is 47.8 Å². The van der Waals surface area contributed by atoms with Crippen LogP contribution in [0.3, 0.4) is 0 Å². The van der Waals surface area contributed by atoms with Gasteiger partial charge in [-0.1, -0.05) is 36.9 Å². The molecule has 3 aromatic rings. The average molecular weight is 507 g/mol. The van der Waals surface area contributed by atoms with Gasteiger partial charge in [-0.05, 0) is 85.1 Å². The highest BCUT2D eigenvalue weighted by molar-refractivity contribution is 5.82. The Hall–Kier alpha value is -3.77. The van der Waals surface area contributed by atoms with Crippen LogP contribution in [-0.4, -0.2) is 46.6 Å². The number of pyridine rings is 1. The molecule has 0 spiro atoms. The first-order chi connectivity index (χ1) is 18.5. The van der Waals surface area contributed by atoms with Crippen LogP contribution in [0.15, 0.2) is 71.9 Å². The van der Waals surface area contributed by atoms with Gasteiger partial charge in [-0.3, -0.25) is 14.8 Å². The van der Waals surface area contributed by atoms with Gasteiger partial charge in [0.1, 0.15) is 0 Å². The maximum Gasteiger partial charge on any atom is 0.253 e. The van der Waals surface area contributed by atoms with Crippen molar-refractivity contribution in [3.8, 4) is 11.1 Å². The van der Waals surface area contributed by atoms with Crippen LogP contribution in [0.2, 0.25) is 0 Å². The van der Waals surface area contributed by atoms with Crippen molar-refractivity contribution in [2.75, 3.05) is 19.6 Å². The third-order valence-corrected chi connectivity index (χ3v) is 8.12. The molecule has 3 aliphatic rings. The van der Waals surface area contributed by atoms with Crippen molar-refractivity contribution in [1.29, 1.82) is 0 Å². The number of piperidine rings is 1. The van der Waals surface area contributed by atoms with E-state index in [-0.39, 0.29) is 11.9 Å². The molecule has 6 nitrogen and oxygen atoms in total. The number of aryl methyl sites for hydroxylation is 3. The lowest BCUT2D eigenvalue weighted by Gasteiger charge is -2.37. The Kier molecular flexibility index (Phi) is 6.58. The Morgan fingerprint density at radius 2 is 1.84 bits per heavy atom. The maximum atomic E-state index is 12.9. The average Bonchev–Trinajstić information content (AvgIpc) is 3.41. The topological polar surface area (TPSA) is 77.8 Å². The number of carbonyl (C=O) groups excluding carboxylic acids is 1. The summed E-state index contributed by atoms with van der Waals surface area (Å²) in [5, 5.41) is 15.9. The molecule has 38 heavy (non-hydrogen) atoms. The Labute approximate surface area is 223 Å². The summed E-state index contributed by atoms with van der Waals surface area (Å²) < 4.78 is 0. The molecule has 1 amide bonds. The predicted octanol–water partition coefficient (Wildman–Crippen LogP) is 3.16. The van der Waals surface area contributed by atoms with Gasteiger partial charge in [0.2, 0.25) is 0 Å². The number of likely N-dealkylation sites (tertiary alicyclic amines) is 1. The number of hydrogen-bond donors (Lipinski definition) is 2. The predicted molar refractivity (Wildman–Crippen MR) is 149 cm³/mol. The number of fused-ring (bicyclic) bond motifs is 2. The van der Waals surface area contributed by atoms with E-state index >= 15 is 0 Å². The lowest BCUT2D eigenvalue weighted by atomic mass is 9.98. The zero-order chi connectivity index (χ0) is 26.2. The second-order valence-corrected chi connectivity index (χ2v) is 10.7. The molecule has 0 saturated carbocycles. The highest BCUT2D eigenvalue weighted by Gasteiger charge is 2.27. The second-order valence-electron chi connectivity index (χ2n) is 10.7. The lowest BCUT2D eigenvalue weighted by molar-refractivity contribution is -0.130. The van der Waals surface area contributed by atoms with E-state index < -0.39 is 6.10 Å². The highest BCUT2D eigenvalue weighted by atomic mass is 16.3. The van der Waals surface area contributed by atoms with Crippen LogP contribution in [-0.2, 0) is 17.6 Å². The van der Waals surface area contributed by atoms with E-state index in [1.165, 1.54) is 11.1 Å². The molecule has 3 heterocycles. The quantitative estimate of drug-likeness (QED) is 0.557. The van der Waals surface area contributed by atoms with Crippen molar-refractivity contribution in [1.82, 2.24) is 15.2 Å². The Bertz CT molecular complexity index is 1520. The van der Waals surface area contributed by atoms with Crippen molar-refractivity contribution >= 4 is 11.6 Å². The smallest absolute Gasteiger partial charge is 0.253 e. The summed E-state index contributed by atoms with van der Waals surface area (Å²) in [7, 11) is 0. The molecule has 1 saturated heterocycles. The van der Waals surface area contributed by atoms with Gasteiger partial charge < -0.3 is 15.3 Å². The Morgan fingerprint density at radius 3 is 2.63 bits per heavy atom. The maximum absolute atomic E-state index is 12.9. The monoisotopic (exact) mass is 506 g/mol. The largest absolute Gasteiger partial charge is 0.378 e. The minimum Gasteiger partial charge on any atom is -0.378 e. The van der Waals surface area contributed by atoms with Crippen molar-refractivity contribution < 1.29 is 9.90 Å². The number of nitrogens with zero attached hydrogens (tertiary/aromatic N) is 3. The van der Waals surface area contributed by atoms with Gasteiger partial charge in [0, 0.05) is 41.8 Å². The number of nitrogens with one attached hydrogen (secondary N) is 1.